The maximum absolute atomic E-state index is 12.1. The van der Waals surface area contributed by atoms with Crippen molar-refractivity contribution in [2.45, 2.75) is 26.9 Å². The number of nitriles is 1. The van der Waals surface area contributed by atoms with Crippen LogP contribution in [-0.4, -0.2) is 19.9 Å². The summed E-state index contributed by atoms with van der Waals surface area (Å²) in [6.45, 7) is 3.92. The van der Waals surface area contributed by atoms with Crippen LogP contribution in [0.15, 0.2) is 52.8 Å². The maximum Gasteiger partial charge on any atom is 0.266 e. The van der Waals surface area contributed by atoms with Crippen LogP contribution < -0.4 is 10.3 Å². The van der Waals surface area contributed by atoms with Crippen molar-refractivity contribution >= 4 is 45.4 Å². The Balaban J connectivity index is 1.51. The standard InChI is InChI=1S/C27H19Cl2N5O2S/c1-14-8-19(25-26(29)31-13-37-25)18-4-3-5-23(24(18)33-14)36-12-20-21(28)9-15(2)32-22(20)10-17-7-6-16(11-30)27(35)34-17/h3-9,13H,10,12H2,1-2H3,(H,34,35). The summed E-state index contributed by atoms with van der Waals surface area (Å²) in [5.41, 5.74) is 6.54. The first-order valence-corrected chi connectivity index (χ1v) is 12.9. The molecule has 0 spiro atoms. The Bertz CT molecular complexity index is 1760. The molecule has 184 valence electrons. The number of nitrogens with one attached hydrogen (secondary N) is 1. The molecule has 0 radical (unpaired) electrons. The number of pyridine rings is 3. The molecule has 5 rings (SSSR count). The molecule has 0 saturated heterocycles. The molecule has 4 heterocycles. The SMILES string of the molecule is Cc1cc(Cl)c(COc2cccc3c(-c4scnc4Cl)cc(C)nc23)c(Cc2ccc(C#N)c(=O)[nH]2)n1. The van der Waals surface area contributed by atoms with E-state index in [-0.39, 0.29) is 12.2 Å². The van der Waals surface area contributed by atoms with Crippen molar-refractivity contribution in [3.63, 3.8) is 0 Å². The van der Waals surface area contributed by atoms with E-state index in [1.807, 2.05) is 44.2 Å². The van der Waals surface area contributed by atoms with Gasteiger partial charge in [0.15, 0.2) is 0 Å². The van der Waals surface area contributed by atoms with E-state index < -0.39 is 5.56 Å². The number of aromatic amines is 1. The largest absolute Gasteiger partial charge is 0.486 e. The van der Waals surface area contributed by atoms with E-state index >= 15 is 0 Å². The molecule has 0 amide bonds. The molecular weight excluding hydrogens is 529 g/mol. The Hall–Kier alpha value is -3.77. The minimum atomic E-state index is -0.439. The van der Waals surface area contributed by atoms with Crippen LogP contribution in [0.2, 0.25) is 10.2 Å². The van der Waals surface area contributed by atoms with E-state index in [2.05, 4.69) is 15.0 Å². The average molecular weight is 548 g/mol. The van der Waals surface area contributed by atoms with Crippen LogP contribution in [0.25, 0.3) is 21.3 Å². The predicted octanol–water partition coefficient (Wildman–Crippen LogP) is 6.41. The number of hydrogen-bond donors (Lipinski definition) is 1. The quantitative estimate of drug-likeness (QED) is 0.263. The normalized spacial score (nSPS) is 11.0. The first-order chi connectivity index (χ1) is 17.8. The molecule has 5 aromatic rings. The molecule has 0 aliphatic carbocycles. The number of halogens is 2. The second-order valence-corrected chi connectivity index (χ2v) is 10.0. The highest BCUT2D eigenvalue weighted by molar-refractivity contribution is 7.14. The van der Waals surface area contributed by atoms with Crippen LogP contribution in [-0.2, 0) is 13.0 Å². The Morgan fingerprint density at radius 3 is 2.65 bits per heavy atom. The molecule has 0 atom stereocenters. The molecule has 1 aromatic carbocycles. The monoisotopic (exact) mass is 547 g/mol. The van der Waals surface area contributed by atoms with Gasteiger partial charge in [-0.3, -0.25) is 9.78 Å². The molecule has 0 bridgehead atoms. The molecular formula is C27H19Cl2N5O2S. The van der Waals surface area contributed by atoms with Crippen molar-refractivity contribution in [1.29, 1.82) is 5.26 Å². The van der Waals surface area contributed by atoms with Gasteiger partial charge < -0.3 is 9.72 Å². The second-order valence-electron chi connectivity index (χ2n) is 8.41. The van der Waals surface area contributed by atoms with Gasteiger partial charge in [0.05, 0.1) is 21.1 Å². The van der Waals surface area contributed by atoms with Crippen LogP contribution in [0.3, 0.4) is 0 Å². The summed E-state index contributed by atoms with van der Waals surface area (Å²) < 4.78 is 6.28. The number of hydrogen-bond acceptors (Lipinski definition) is 7. The summed E-state index contributed by atoms with van der Waals surface area (Å²) in [5.74, 6) is 0.595. The summed E-state index contributed by atoms with van der Waals surface area (Å²) in [6, 6.07) is 14.6. The van der Waals surface area contributed by atoms with Gasteiger partial charge in [-0.2, -0.15) is 5.26 Å². The van der Waals surface area contributed by atoms with Crippen LogP contribution in [0.4, 0.5) is 0 Å². The van der Waals surface area contributed by atoms with Gasteiger partial charge in [0.25, 0.3) is 5.56 Å². The van der Waals surface area contributed by atoms with Gasteiger partial charge in [0, 0.05) is 40.0 Å². The zero-order valence-electron chi connectivity index (χ0n) is 19.8. The maximum atomic E-state index is 12.1. The van der Waals surface area contributed by atoms with Gasteiger partial charge in [-0.15, -0.1) is 11.3 Å². The van der Waals surface area contributed by atoms with E-state index in [0.29, 0.717) is 44.8 Å². The Kier molecular flexibility index (Phi) is 6.94. The third-order valence-corrected chi connectivity index (χ3v) is 7.40. The lowest BCUT2D eigenvalue weighted by Crippen LogP contribution is -2.14. The fraction of sp³-hybridized carbons (Fsp3) is 0.148. The molecule has 10 heteroatoms. The highest BCUT2D eigenvalue weighted by Gasteiger charge is 2.17. The van der Waals surface area contributed by atoms with Gasteiger partial charge >= 0.3 is 0 Å². The number of thiazole rings is 1. The zero-order chi connectivity index (χ0) is 26.1. The van der Waals surface area contributed by atoms with Gasteiger partial charge in [-0.25, -0.2) is 9.97 Å². The smallest absolute Gasteiger partial charge is 0.266 e. The van der Waals surface area contributed by atoms with Crippen molar-refractivity contribution in [1.82, 2.24) is 19.9 Å². The van der Waals surface area contributed by atoms with E-state index in [9.17, 15) is 4.79 Å². The highest BCUT2D eigenvalue weighted by Crippen LogP contribution is 2.38. The minimum absolute atomic E-state index is 0.0558. The van der Waals surface area contributed by atoms with Gasteiger partial charge in [-0.05, 0) is 44.2 Å². The summed E-state index contributed by atoms with van der Waals surface area (Å²) in [4.78, 5) is 29.3. The van der Waals surface area contributed by atoms with Crippen molar-refractivity contribution in [3.8, 4) is 22.3 Å². The number of benzene rings is 1. The number of aryl methyl sites for hydroxylation is 2. The molecule has 0 saturated carbocycles. The van der Waals surface area contributed by atoms with Gasteiger partial charge in [0.1, 0.15) is 34.7 Å². The van der Waals surface area contributed by atoms with E-state index in [0.717, 1.165) is 27.2 Å². The number of rotatable bonds is 6. The third-order valence-electron chi connectivity index (χ3n) is 5.80. The minimum Gasteiger partial charge on any atom is -0.486 e. The molecule has 0 aliphatic heterocycles. The molecule has 0 aliphatic rings. The number of nitrogens with zero attached hydrogens (tertiary/aromatic N) is 4. The first kappa shape index (κ1) is 24.9. The molecule has 1 N–H and O–H groups in total. The van der Waals surface area contributed by atoms with Gasteiger partial charge in [-0.1, -0.05) is 35.3 Å². The molecule has 4 aromatic heterocycles. The number of fused-ring (bicyclic) bond motifs is 1. The molecule has 0 unspecified atom stereocenters. The fourth-order valence-corrected chi connectivity index (χ4v) is 5.49. The van der Waals surface area contributed by atoms with Crippen molar-refractivity contribution in [2.24, 2.45) is 0 Å². The Labute approximate surface area is 226 Å². The number of aromatic nitrogens is 4. The predicted molar refractivity (Wildman–Crippen MR) is 145 cm³/mol. The highest BCUT2D eigenvalue weighted by atomic mass is 35.5. The Morgan fingerprint density at radius 1 is 1.11 bits per heavy atom. The fourth-order valence-electron chi connectivity index (χ4n) is 4.12. The summed E-state index contributed by atoms with van der Waals surface area (Å²) in [7, 11) is 0. The number of para-hydroxylation sites is 1. The Morgan fingerprint density at radius 2 is 1.92 bits per heavy atom. The number of ether oxygens (including phenoxy) is 1. The van der Waals surface area contributed by atoms with Gasteiger partial charge in [0.2, 0.25) is 0 Å². The van der Waals surface area contributed by atoms with E-state index in [1.165, 1.54) is 17.4 Å². The number of H-pyrrole nitrogens is 1. The van der Waals surface area contributed by atoms with Crippen LogP contribution in [0.5, 0.6) is 5.75 Å². The third kappa shape index (κ3) is 5.07. The van der Waals surface area contributed by atoms with E-state index in [1.54, 1.807) is 17.6 Å². The average Bonchev–Trinajstić information content (AvgIpc) is 3.29. The lowest BCUT2D eigenvalue weighted by Gasteiger charge is -2.15. The topological polar surface area (TPSA) is 105 Å². The second kappa shape index (κ2) is 10.3. The van der Waals surface area contributed by atoms with Crippen LogP contribution in [0.1, 0.15) is 33.9 Å². The molecule has 7 nitrogen and oxygen atoms in total. The summed E-state index contributed by atoms with van der Waals surface area (Å²) in [6.07, 6.45) is 0.321. The molecule has 37 heavy (non-hydrogen) atoms. The lowest BCUT2D eigenvalue weighted by atomic mass is 10.1. The van der Waals surface area contributed by atoms with E-state index in [4.69, 9.17) is 38.2 Å². The lowest BCUT2D eigenvalue weighted by molar-refractivity contribution is 0.307. The van der Waals surface area contributed by atoms with Crippen molar-refractivity contribution < 1.29 is 4.74 Å². The zero-order valence-corrected chi connectivity index (χ0v) is 22.1. The first-order valence-electron chi connectivity index (χ1n) is 11.2. The molecule has 0 fully saturated rings. The van der Waals surface area contributed by atoms with Crippen LogP contribution in [0, 0.1) is 25.2 Å². The summed E-state index contributed by atoms with van der Waals surface area (Å²) in [5, 5.41) is 10.9. The van der Waals surface area contributed by atoms with Crippen molar-refractivity contribution in [3.05, 3.63) is 102 Å². The van der Waals surface area contributed by atoms with Crippen molar-refractivity contribution in [2.75, 3.05) is 0 Å². The summed E-state index contributed by atoms with van der Waals surface area (Å²) >= 11 is 14.4. The van der Waals surface area contributed by atoms with Crippen LogP contribution >= 0.6 is 34.5 Å².